The Morgan fingerprint density at radius 3 is 2.54 bits per heavy atom. The minimum Gasteiger partial charge on any atom is -0.340 e. The van der Waals surface area contributed by atoms with Crippen molar-refractivity contribution in [1.82, 2.24) is 9.97 Å². The second-order valence-electron chi connectivity index (χ2n) is 5.19. The number of aryl methyl sites for hydroxylation is 1. The fourth-order valence-corrected chi connectivity index (χ4v) is 2.39. The van der Waals surface area contributed by atoms with Gasteiger partial charge in [-0.15, -0.1) is 0 Å². The minimum atomic E-state index is -0.285. The molecule has 3 rings (SSSR count). The highest BCUT2D eigenvalue weighted by Crippen LogP contribution is 2.19. The van der Waals surface area contributed by atoms with E-state index in [1.165, 1.54) is 6.33 Å². The summed E-state index contributed by atoms with van der Waals surface area (Å²) in [5.74, 6) is 0.285. The van der Waals surface area contributed by atoms with E-state index in [1.807, 2.05) is 55.5 Å². The standard InChI is InChI=1S/C18H15BrN4O/c1-12-4-2-3-5-15(12)23-17-10-16(20-11-21-17)18(24)22-14-8-6-13(19)7-9-14/h2-11H,1H3,(H,22,24)(H,20,21,23). The summed E-state index contributed by atoms with van der Waals surface area (Å²) in [5, 5.41) is 6.01. The van der Waals surface area contributed by atoms with Crippen molar-refractivity contribution < 1.29 is 4.79 Å². The SMILES string of the molecule is Cc1ccccc1Nc1cc(C(=O)Nc2ccc(Br)cc2)ncn1. The Morgan fingerprint density at radius 1 is 1.04 bits per heavy atom. The fraction of sp³-hybridized carbons (Fsp3) is 0.0556. The molecule has 0 aliphatic carbocycles. The van der Waals surface area contributed by atoms with Gasteiger partial charge in [0.05, 0.1) is 0 Å². The van der Waals surface area contributed by atoms with Crippen molar-refractivity contribution in [2.45, 2.75) is 6.92 Å². The van der Waals surface area contributed by atoms with Crippen LogP contribution in [0.4, 0.5) is 17.2 Å². The first kappa shape index (κ1) is 16.1. The van der Waals surface area contributed by atoms with Gasteiger partial charge in [-0.25, -0.2) is 9.97 Å². The van der Waals surface area contributed by atoms with Crippen LogP contribution in [0.5, 0.6) is 0 Å². The molecule has 5 nitrogen and oxygen atoms in total. The van der Waals surface area contributed by atoms with Crippen molar-refractivity contribution in [3.05, 3.63) is 76.7 Å². The van der Waals surface area contributed by atoms with E-state index in [2.05, 4.69) is 36.5 Å². The number of rotatable bonds is 4. The van der Waals surface area contributed by atoms with Gasteiger partial charge >= 0.3 is 0 Å². The number of anilines is 3. The number of benzene rings is 2. The third-order valence-electron chi connectivity index (χ3n) is 3.41. The van der Waals surface area contributed by atoms with E-state index in [4.69, 9.17) is 0 Å². The average Bonchev–Trinajstić information content (AvgIpc) is 2.59. The van der Waals surface area contributed by atoms with E-state index in [9.17, 15) is 4.79 Å². The van der Waals surface area contributed by atoms with Crippen molar-refractivity contribution in [2.75, 3.05) is 10.6 Å². The van der Waals surface area contributed by atoms with Crippen LogP contribution < -0.4 is 10.6 Å². The zero-order valence-electron chi connectivity index (χ0n) is 13.0. The van der Waals surface area contributed by atoms with E-state index in [0.29, 0.717) is 17.2 Å². The molecule has 0 spiro atoms. The van der Waals surface area contributed by atoms with Crippen molar-refractivity contribution in [1.29, 1.82) is 0 Å². The van der Waals surface area contributed by atoms with Crippen LogP contribution in [0.3, 0.4) is 0 Å². The quantitative estimate of drug-likeness (QED) is 0.694. The molecule has 0 fully saturated rings. The molecule has 6 heteroatoms. The molecule has 1 aromatic heterocycles. The lowest BCUT2D eigenvalue weighted by Crippen LogP contribution is -2.14. The summed E-state index contributed by atoms with van der Waals surface area (Å²) >= 11 is 3.36. The molecule has 0 unspecified atom stereocenters. The van der Waals surface area contributed by atoms with Gasteiger partial charge in [0, 0.05) is 21.9 Å². The maximum atomic E-state index is 12.3. The number of hydrogen-bond acceptors (Lipinski definition) is 4. The summed E-state index contributed by atoms with van der Waals surface area (Å²) < 4.78 is 0.951. The number of aromatic nitrogens is 2. The van der Waals surface area contributed by atoms with Crippen LogP contribution in [0.25, 0.3) is 0 Å². The van der Waals surface area contributed by atoms with Gasteiger partial charge in [0.15, 0.2) is 0 Å². The van der Waals surface area contributed by atoms with Crippen molar-refractivity contribution >= 4 is 39.0 Å². The molecule has 0 aliphatic rings. The number of nitrogens with one attached hydrogen (secondary N) is 2. The Labute approximate surface area is 148 Å². The molecule has 2 N–H and O–H groups in total. The summed E-state index contributed by atoms with van der Waals surface area (Å²) in [6.07, 6.45) is 1.37. The predicted octanol–water partition coefficient (Wildman–Crippen LogP) is 4.54. The smallest absolute Gasteiger partial charge is 0.274 e. The summed E-state index contributed by atoms with van der Waals surface area (Å²) in [6.45, 7) is 2.00. The third kappa shape index (κ3) is 3.97. The van der Waals surface area contributed by atoms with E-state index >= 15 is 0 Å². The van der Waals surface area contributed by atoms with Crippen molar-refractivity contribution in [2.24, 2.45) is 0 Å². The first-order chi connectivity index (χ1) is 11.6. The number of halogens is 1. The first-order valence-electron chi connectivity index (χ1n) is 7.33. The van der Waals surface area contributed by atoms with Crippen LogP contribution in [0.15, 0.2) is 65.4 Å². The van der Waals surface area contributed by atoms with Crippen LogP contribution in [0.1, 0.15) is 16.1 Å². The van der Waals surface area contributed by atoms with Crippen LogP contribution in [-0.4, -0.2) is 15.9 Å². The topological polar surface area (TPSA) is 66.9 Å². The van der Waals surface area contributed by atoms with E-state index in [-0.39, 0.29) is 5.91 Å². The number of carbonyl (C=O) groups is 1. The maximum absolute atomic E-state index is 12.3. The van der Waals surface area contributed by atoms with Gasteiger partial charge < -0.3 is 10.6 Å². The molecule has 2 aromatic carbocycles. The average molecular weight is 383 g/mol. The van der Waals surface area contributed by atoms with Gasteiger partial charge in [-0.05, 0) is 42.8 Å². The molecule has 1 heterocycles. The number of nitrogens with zero attached hydrogens (tertiary/aromatic N) is 2. The van der Waals surface area contributed by atoms with Crippen LogP contribution >= 0.6 is 15.9 Å². The second-order valence-corrected chi connectivity index (χ2v) is 6.11. The lowest BCUT2D eigenvalue weighted by atomic mass is 10.2. The van der Waals surface area contributed by atoms with Gasteiger partial charge in [-0.1, -0.05) is 34.1 Å². The lowest BCUT2D eigenvalue weighted by Gasteiger charge is -2.09. The minimum absolute atomic E-state index is 0.285. The first-order valence-corrected chi connectivity index (χ1v) is 8.13. The Morgan fingerprint density at radius 2 is 1.79 bits per heavy atom. The number of hydrogen-bond donors (Lipinski definition) is 2. The molecule has 0 atom stereocenters. The van der Waals surface area contributed by atoms with Gasteiger partial charge in [-0.2, -0.15) is 0 Å². The van der Waals surface area contributed by atoms with E-state index < -0.39 is 0 Å². The van der Waals surface area contributed by atoms with Crippen molar-refractivity contribution in [3.63, 3.8) is 0 Å². The highest BCUT2D eigenvalue weighted by molar-refractivity contribution is 9.10. The molecule has 0 saturated heterocycles. The van der Waals surface area contributed by atoms with Crippen LogP contribution in [0, 0.1) is 6.92 Å². The Kier molecular flexibility index (Phi) is 4.86. The highest BCUT2D eigenvalue weighted by Gasteiger charge is 2.10. The molecular formula is C18H15BrN4O. The summed E-state index contributed by atoms with van der Waals surface area (Å²) in [4.78, 5) is 20.5. The summed E-state index contributed by atoms with van der Waals surface area (Å²) in [6, 6.07) is 16.9. The predicted molar refractivity (Wildman–Crippen MR) is 98.6 cm³/mol. The molecule has 0 saturated carbocycles. The molecule has 1 amide bonds. The molecular weight excluding hydrogens is 368 g/mol. The van der Waals surface area contributed by atoms with Gasteiger partial charge in [-0.3, -0.25) is 4.79 Å². The number of para-hydroxylation sites is 1. The third-order valence-corrected chi connectivity index (χ3v) is 3.94. The van der Waals surface area contributed by atoms with E-state index in [1.54, 1.807) is 6.07 Å². The zero-order valence-corrected chi connectivity index (χ0v) is 14.5. The fourth-order valence-electron chi connectivity index (χ4n) is 2.13. The van der Waals surface area contributed by atoms with Crippen molar-refractivity contribution in [3.8, 4) is 0 Å². The number of amides is 1. The molecule has 0 aliphatic heterocycles. The highest BCUT2D eigenvalue weighted by atomic mass is 79.9. The Hall–Kier alpha value is -2.73. The normalized spacial score (nSPS) is 10.2. The van der Waals surface area contributed by atoms with E-state index in [0.717, 1.165) is 15.7 Å². The largest absolute Gasteiger partial charge is 0.340 e. The monoisotopic (exact) mass is 382 g/mol. The van der Waals surface area contributed by atoms with Crippen LogP contribution in [0.2, 0.25) is 0 Å². The molecule has 120 valence electrons. The molecule has 0 radical (unpaired) electrons. The maximum Gasteiger partial charge on any atom is 0.274 e. The Bertz CT molecular complexity index is 865. The summed E-state index contributed by atoms with van der Waals surface area (Å²) in [5.41, 5.74) is 3.03. The summed E-state index contributed by atoms with van der Waals surface area (Å²) in [7, 11) is 0. The molecule has 3 aromatic rings. The zero-order chi connectivity index (χ0) is 16.9. The van der Waals surface area contributed by atoms with Gasteiger partial charge in [0.1, 0.15) is 17.8 Å². The molecule has 0 bridgehead atoms. The van der Waals surface area contributed by atoms with Gasteiger partial charge in [0.2, 0.25) is 0 Å². The molecule has 24 heavy (non-hydrogen) atoms. The van der Waals surface area contributed by atoms with Crippen LogP contribution in [-0.2, 0) is 0 Å². The second kappa shape index (κ2) is 7.23. The van der Waals surface area contributed by atoms with Gasteiger partial charge in [0.25, 0.3) is 5.91 Å². The lowest BCUT2D eigenvalue weighted by molar-refractivity contribution is 0.102. The Balaban J connectivity index is 1.76. The number of carbonyl (C=O) groups excluding carboxylic acids is 1.